The van der Waals surface area contributed by atoms with E-state index in [4.69, 9.17) is 0 Å². The van der Waals surface area contributed by atoms with Crippen molar-refractivity contribution in [3.05, 3.63) is 66.0 Å². The molecule has 0 nitrogen and oxygen atoms in total. The number of hydrogen-bond acceptors (Lipinski definition) is 0. The van der Waals surface area contributed by atoms with Gasteiger partial charge < -0.3 is 0 Å². The van der Waals surface area contributed by atoms with Gasteiger partial charge in [-0.15, -0.1) is 0 Å². The first-order chi connectivity index (χ1) is 7.69. The van der Waals surface area contributed by atoms with Gasteiger partial charge in [0, 0.05) is 5.56 Å². The summed E-state index contributed by atoms with van der Waals surface area (Å²) in [6, 6.07) is 5.27. The zero-order valence-electron chi connectivity index (χ0n) is 9.83. The normalized spacial score (nSPS) is 12.1. The number of hydrogen-bond donors (Lipinski definition) is 0. The van der Waals surface area contributed by atoms with Crippen molar-refractivity contribution >= 4 is 5.57 Å². The van der Waals surface area contributed by atoms with E-state index in [2.05, 4.69) is 6.58 Å². The summed E-state index contributed by atoms with van der Waals surface area (Å²) in [6.45, 7) is 7.58. The van der Waals surface area contributed by atoms with E-state index in [9.17, 15) is 4.39 Å². The van der Waals surface area contributed by atoms with Crippen LogP contribution in [-0.4, -0.2) is 0 Å². The number of allylic oxidation sites excluding steroid dienone is 5. The van der Waals surface area contributed by atoms with Gasteiger partial charge in [-0.05, 0) is 30.5 Å². The Morgan fingerprint density at radius 1 is 1.44 bits per heavy atom. The van der Waals surface area contributed by atoms with E-state index in [1.165, 1.54) is 0 Å². The van der Waals surface area contributed by atoms with E-state index in [0.717, 1.165) is 17.6 Å². The van der Waals surface area contributed by atoms with E-state index in [1.807, 2.05) is 38.1 Å². The van der Waals surface area contributed by atoms with E-state index < -0.39 is 0 Å². The average molecular weight is 216 g/mol. The number of aryl methyl sites for hydroxylation is 1. The summed E-state index contributed by atoms with van der Waals surface area (Å²) < 4.78 is 13.7. The van der Waals surface area contributed by atoms with Crippen molar-refractivity contribution < 1.29 is 4.39 Å². The first-order valence-corrected chi connectivity index (χ1v) is 5.44. The molecule has 0 heterocycles. The molecular formula is C15H17F. The first kappa shape index (κ1) is 12.4. The molecule has 0 amide bonds. The smallest absolute Gasteiger partial charge is 0.131 e. The van der Waals surface area contributed by atoms with Crippen LogP contribution in [0.25, 0.3) is 5.57 Å². The lowest BCUT2D eigenvalue weighted by molar-refractivity contribution is 0.623. The van der Waals surface area contributed by atoms with Crippen LogP contribution in [0.15, 0.2) is 49.1 Å². The molecule has 0 aromatic heterocycles. The van der Waals surface area contributed by atoms with Gasteiger partial charge in [-0.2, -0.15) is 0 Å². The van der Waals surface area contributed by atoms with Gasteiger partial charge in [-0.25, -0.2) is 4.39 Å². The van der Waals surface area contributed by atoms with Crippen LogP contribution in [0, 0.1) is 12.7 Å². The largest absolute Gasteiger partial charge is 0.206 e. The van der Waals surface area contributed by atoms with Gasteiger partial charge in [0.05, 0.1) is 0 Å². The molecule has 0 N–H and O–H groups in total. The van der Waals surface area contributed by atoms with Crippen LogP contribution in [-0.2, 0) is 0 Å². The standard InChI is InChI=1S/C15H17F/c1-4-6-8-13(7-5-2)14-10-9-12(3)11-15(14)16/h5-11H,2,4H2,1,3H3/b8-6-,13-7+. The fourth-order valence-corrected chi connectivity index (χ4v) is 1.46. The van der Waals surface area contributed by atoms with Crippen molar-refractivity contribution in [2.75, 3.05) is 0 Å². The molecular weight excluding hydrogens is 199 g/mol. The minimum Gasteiger partial charge on any atom is -0.206 e. The third-order valence-electron chi connectivity index (χ3n) is 2.27. The highest BCUT2D eigenvalue weighted by Crippen LogP contribution is 2.21. The molecule has 0 atom stereocenters. The van der Waals surface area contributed by atoms with Crippen molar-refractivity contribution in [1.29, 1.82) is 0 Å². The van der Waals surface area contributed by atoms with E-state index in [0.29, 0.717) is 5.56 Å². The second-order valence-corrected chi connectivity index (χ2v) is 3.65. The number of halogens is 1. The van der Waals surface area contributed by atoms with Crippen molar-refractivity contribution in [2.24, 2.45) is 0 Å². The number of rotatable bonds is 4. The Kier molecular flexibility index (Phi) is 4.71. The van der Waals surface area contributed by atoms with E-state index >= 15 is 0 Å². The Balaban J connectivity index is 3.16. The molecule has 0 radical (unpaired) electrons. The van der Waals surface area contributed by atoms with Crippen LogP contribution in [0.1, 0.15) is 24.5 Å². The van der Waals surface area contributed by atoms with Crippen LogP contribution < -0.4 is 0 Å². The molecule has 0 aliphatic carbocycles. The van der Waals surface area contributed by atoms with Crippen molar-refractivity contribution in [3.63, 3.8) is 0 Å². The monoisotopic (exact) mass is 216 g/mol. The molecule has 0 bridgehead atoms. The zero-order chi connectivity index (χ0) is 12.0. The van der Waals surface area contributed by atoms with Crippen LogP contribution in [0.5, 0.6) is 0 Å². The summed E-state index contributed by atoms with van der Waals surface area (Å²) in [5, 5.41) is 0. The minimum atomic E-state index is -0.186. The lowest BCUT2D eigenvalue weighted by Crippen LogP contribution is -1.88. The van der Waals surface area contributed by atoms with Gasteiger partial charge in [0.15, 0.2) is 0 Å². The Morgan fingerprint density at radius 3 is 2.75 bits per heavy atom. The van der Waals surface area contributed by atoms with Crippen molar-refractivity contribution in [3.8, 4) is 0 Å². The molecule has 16 heavy (non-hydrogen) atoms. The van der Waals surface area contributed by atoms with Crippen LogP contribution in [0.3, 0.4) is 0 Å². The predicted molar refractivity (Wildman–Crippen MR) is 68.7 cm³/mol. The molecule has 0 aliphatic rings. The maximum Gasteiger partial charge on any atom is 0.131 e. The van der Waals surface area contributed by atoms with Gasteiger partial charge >= 0.3 is 0 Å². The second kappa shape index (κ2) is 6.06. The molecule has 0 unspecified atom stereocenters. The summed E-state index contributed by atoms with van der Waals surface area (Å²) in [4.78, 5) is 0. The Hall–Kier alpha value is -1.63. The van der Waals surface area contributed by atoms with Crippen molar-refractivity contribution in [1.82, 2.24) is 0 Å². The minimum absolute atomic E-state index is 0.186. The van der Waals surface area contributed by atoms with Crippen LogP contribution in [0.2, 0.25) is 0 Å². The number of benzene rings is 1. The highest BCUT2D eigenvalue weighted by molar-refractivity contribution is 5.75. The quantitative estimate of drug-likeness (QED) is 0.641. The fourth-order valence-electron chi connectivity index (χ4n) is 1.46. The van der Waals surface area contributed by atoms with Gasteiger partial charge in [0.25, 0.3) is 0 Å². The lowest BCUT2D eigenvalue weighted by atomic mass is 10.0. The average Bonchev–Trinajstić information content (AvgIpc) is 2.25. The third-order valence-corrected chi connectivity index (χ3v) is 2.27. The van der Waals surface area contributed by atoms with Gasteiger partial charge in [0.1, 0.15) is 5.82 Å². The van der Waals surface area contributed by atoms with E-state index in [1.54, 1.807) is 18.2 Å². The topological polar surface area (TPSA) is 0 Å². The van der Waals surface area contributed by atoms with Gasteiger partial charge in [0.2, 0.25) is 0 Å². The summed E-state index contributed by atoms with van der Waals surface area (Å²) in [5.41, 5.74) is 2.41. The lowest BCUT2D eigenvalue weighted by Gasteiger charge is -2.05. The Labute approximate surface area is 96.8 Å². The maximum atomic E-state index is 13.7. The third kappa shape index (κ3) is 3.20. The fraction of sp³-hybridized carbons (Fsp3) is 0.200. The van der Waals surface area contributed by atoms with Gasteiger partial charge in [-0.1, -0.05) is 49.9 Å². The Bertz CT molecular complexity index is 425. The molecule has 0 aliphatic heterocycles. The second-order valence-electron chi connectivity index (χ2n) is 3.65. The molecule has 0 saturated heterocycles. The SMILES string of the molecule is C=C/C=C(\C=C/CC)c1ccc(C)cc1F. The summed E-state index contributed by atoms with van der Waals surface area (Å²) in [6.07, 6.45) is 8.36. The molecule has 0 saturated carbocycles. The molecule has 0 fully saturated rings. The highest BCUT2D eigenvalue weighted by Gasteiger charge is 2.04. The summed E-state index contributed by atoms with van der Waals surface area (Å²) in [7, 11) is 0. The molecule has 1 aromatic carbocycles. The predicted octanol–water partition coefficient (Wildman–Crippen LogP) is 4.67. The molecule has 1 aromatic rings. The Morgan fingerprint density at radius 2 is 2.19 bits per heavy atom. The van der Waals surface area contributed by atoms with Crippen LogP contribution >= 0.6 is 0 Å². The summed E-state index contributed by atoms with van der Waals surface area (Å²) in [5.74, 6) is -0.186. The zero-order valence-corrected chi connectivity index (χ0v) is 9.83. The highest BCUT2D eigenvalue weighted by atomic mass is 19.1. The molecule has 0 spiro atoms. The van der Waals surface area contributed by atoms with Gasteiger partial charge in [-0.3, -0.25) is 0 Å². The van der Waals surface area contributed by atoms with Crippen molar-refractivity contribution in [2.45, 2.75) is 20.3 Å². The maximum absolute atomic E-state index is 13.7. The molecule has 1 heteroatoms. The molecule has 84 valence electrons. The van der Waals surface area contributed by atoms with E-state index in [-0.39, 0.29) is 5.82 Å². The first-order valence-electron chi connectivity index (χ1n) is 5.44. The van der Waals surface area contributed by atoms with Crippen LogP contribution in [0.4, 0.5) is 4.39 Å². The summed E-state index contributed by atoms with van der Waals surface area (Å²) >= 11 is 0. The molecule has 1 rings (SSSR count).